The second kappa shape index (κ2) is 7.31. The van der Waals surface area contributed by atoms with Gasteiger partial charge in [-0.1, -0.05) is 30.3 Å². The maximum absolute atomic E-state index is 12.1. The molecular formula is C20H19N3O3. The van der Waals surface area contributed by atoms with Crippen molar-refractivity contribution in [1.29, 1.82) is 0 Å². The van der Waals surface area contributed by atoms with Crippen molar-refractivity contribution in [3.8, 4) is 11.5 Å². The van der Waals surface area contributed by atoms with Gasteiger partial charge in [-0.05, 0) is 29.3 Å². The molecule has 0 radical (unpaired) electrons. The molecule has 0 spiro atoms. The molecule has 1 aliphatic heterocycles. The quantitative estimate of drug-likeness (QED) is 0.759. The first kappa shape index (κ1) is 16.2. The van der Waals surface area contributed by atoms with Crippen LogP contribution in [0.5, 0.6) is 11.5 Å². The lowest BCUT2D eigenvalue weighted by Gasteiger charge is -2.19. The standard InChI is InChI=1S/C20H19N3O3/c24-20(22-12-14-6-7-17-18(11-14)26-10-9-25-17)23-13-16-4-1-3-15-5-2-8-21-19(15)16/h1-8,11H,9-10,12-13H2,(H2,22,23,24). The molecule has 0 saturated heterocycles. The number of rotatable bonds is 4. The lowest BCUT2D eigenvalue weighted by atomic mass is 10.1. The third-order valence-corrected chi connectivity index (χ3v) is 4.22. The Kier molecular flexibility index (Phi) is 4.55. The third kappa shape index (κ3) is 3.54. The van der Waals surface area contributed by atoms with E-state index in [-0.39, 0.29) is 6.03 Å². The lowest BCUT2D eigenvalue weighted by Crippen LogP contribution is -2.34. The summed E-state index contributed by atoms with van der Waals surface area (Å²) in [6.45, 7) is 1.94. The maximum Gasteiger partial charge on any atom is 0.315 e. The molecule has 0 aliphatic carbocycles. The van der Waals surface area contributed by atoms with Crippen molar-refractivity contribution in [1.82, 2.24) is 15.6 Å². The topological polar surface area (TPSA) is 72.5 Å². The molecule has 2 aromatic carbocycles. The number of carbonyl (C=O) groups excluding carboxylic acids is 1. The van der Waals surface area contributed by atoms with Gasteiger partial charge in [0.05, 0.1) is 5.52 Å². The summed E-state index contributed by atoms with van der Waals surface area (Å²) >= 11 is 0. The smallest absolute Gasteiger partial charge is 0.315 e. The van der Waals surface area contributed by atoms with E-state index in [9.17, 15) is 4.79 Å². The highest BCUT2D eigenvalue weighted by atomic mass is 16.6. The summed E-state index contributed by atoms with van der Waals surface area (Å²) in [6, 6.07) is 15.3. The normalized spacial score (nSPS) is 12.6. The van der Waals surface area contributed by atoms with Crippen LogP contribution >= 0.6 is 0 Å². The predicted molar refractivity (Wildman–Crippen MR) is 98.3 cm³/mol. The number of amides is 2. The zero-order valence-electron chi connectivity index (χ0n) is 14.2. The van der Waals surface area contributed by atoms with Crippen LogP contribution in [0.4, 0.5) is 4.79 Å². The molecule has 0 atom stereocenters. The SMILES string of the molecule is O=C(NCc1ccc2c(c1)OCCO2)NCc1cccc2cccnc12. The zero-order valence-corrected chi connectivity index (χ0v) is 14.2. The van der Waals surface area contributed by atoms with Crippen molar-refractivity contribution in [2.45, 2.75) is 13.1 Å². The van der Waals surface area contributed by atoms with Gasteiger partial charge in [-0.3, -0.25) is 4.98 Å². The summed E-state index contributed by atoms with van der Waals surface area (Å²) in [6.07, 6.45) is 1.76. The summed E-state index contributed by atoms with van der Waals surface area (Å²) < 4.78 is 11.1. The number of benzene rings is 2. The van der Waals surface area contributed by atoms with E-state index in [0.29, 0.717) is 26.3 Å². The molecule has 2 amide bonds. The summed E-state index contributed by atoms with van der Waals surface area (Å²) in [7, 11) is 0. The minimum Gasteiger partial charge on any atom is -0.486 e. The number of nitrogens with one attached hydrogen (secondary N) is 2. The van der Waals surface area contributed by atoms with Gasteiger partial charge in [0.15, 0.2) is 11.5 Å². The third-order valence-electron chi connectivity index (χ3n) is 4.22. The van der Waals surface area contributed by atoms with E-state index < -0.39 is 0 Å². The number of para-hydroxylation sites is 1. The van der Waals surface area contributed by atoms with E-state index >= 15 is 0 Å². The van der Waals surface area contributed by atoms with Crippen LogP contribution in [0.2, 0.25) is 0 Å². The molecular weight excluding hydrogens is 330 g/mol. The molecule has 132 valence electrons. The molecule has 6 heteroatoms. The molecule has 0 fully saturated rings. The summed E-state index contributed by atoms with van der Waals surface area (Å²) in [4.78, 5) is 16.5. The van der Waals surface area contributed by atoms with Crippen LogP contribution in [0.25, 0.3) is 10.9 Å². The summed E-state index contributed by atoms with van der Waals surface area (Å²) in [5.41, 5.74) is 2.84. The monoisotopic (exact) mass is 349 g/mol. The van der Waals surface area contributed by atoms with Gasteiger partial charge >= 0.3 is 6.03 Å². The van der Waals surface area contributed by atoms with Crippen LogP contribution in [-0.4, -0.2) is 24.2 Å². The van der Waals surface area contributed by atoms with Gasteiger partial charge in [-0.25, -0.2) is 4.79 Å². The number of carbonyl (C=O) groups is 1. The van der Waals surface area contributed by atoms with E-state index in [0.717, 1.165) is 33.5 Å². The van der Waals surface area contributed by atoms with E-state index in [4.69, 9.17) is 9.47 Å². The molecule has 6 nitrogen and oxygen atoms in total. The highest BCUT2D eigenvalue weighted by Crippen LogP contribution is 2.30. The Morgan fingerprint density at radius 2 is 1.77 bits per heavy atom. The molecule has 2 N–H and O–H groups in total. The number of hydrogen-bond acceptors (Lipinski definition) is 4. The number of hydrogen-bond donors (Lipinski definition) is 2. The molecule has 0 unspecified atom stereocenters. The summed E-state index contributed by atoms with van der Waals surface area (Å²) in [5.74, 6) is 1.46. The van der Waals surface area contributed by atoms with Crippen molar-refractivity contribution in [2.24, 2.45) is 0 Å². The number of pyridine rings is 1. The van der Waals surface area contributed by atoms with Crippen LogP contribution < -0.4 is 20.1 Å². The van der Waals surface area contributed by atoms with Crippen molar-refractivity contribution >= 4 is 16.9 Å². The van der Waals surface area contributed by atoms with Gasteiger partial charge < -0.3 is 20.1 Å². The van der Waals surface area contributed by atoms with Crippen LogP contribution in [-0.2, 0) is 13.1 Å². The van der Waals surface area contributed by atoms with E-state index in [1.54, 1.807) is 6.20 Å². The lowest BCUT2D eigenvalue weighted by molar-refractivity contribution is 0.171. The number of aromatic nitrogens is 1. The highest BCUT2D eigenvalue weighted by Gasteiger charge is 2.12. The molecule has 0 bridgehead atoms. The Morgan fingerprint density at radius 3 is 2.69 bits per heavy atom. The van der Waals surface area contributed by atoms with Crippen LogP contribution in [0.3, 0.4) is 0 Å². The fraction of sp³-hybridized carbons (Fsp3) is 0.200. The van der Waals surface area contributed by atoms with Crippen molar-refractivity contribution < 1.29 is 14.3 Å². The first-order chi connectivity index (χ1) is 12.8. The highest BCUT2D eigenvalue weighted by molar-refractivity contribution is 5.82. The molecule has 3 aromatic rings. The van der Waals surface area contributed by atoms with Gasteiger partial charge in [0, 0.05) is 24.7 Å². The van der Waals surface area contributed by atoms with Gasteiger partial charge in [-0.2, -0.15) is 0 Å². The van der Waals surface area contributed by atoms with E-state index in [1.165, 1.54) is 0 Å². The van der Waals surface area contributed by atoms with Crippen molar-refractivity contribution in [3.63, 3.8) is 0 Å². The number of nitrogens with zero attached hydrogens (tertiary/aromatic N) is 1. The van der Waals surface area contributed by atoms with E-state index in [2.05, 4.69) is 15.6 Å². The molecule has 26 heavy (non-hydrogen) atoms. The Labute approximate surface area is 151 Å². The fourth-order valence-electron chi connectivity index (χ4n) is 2.93. The second-order valence-corrected chi connectivity index (χ2v) is 6.01. The average Bonchev–Trinajstić information content (AvgIpc) is 2.70. The summed E-state index contributed by atoms with van der Waals surface area (Å²) in [5, 5.41) is 6.79. The van der Waals surface area contributed by atoms with Gasteiger partial charge in [0.1, 0.15) is 13.2 Å². The molecule has 1 aliphatic rings. The first-order valence-corrected chi connectivity index (χ1v) is 8.52. The zero-order chi connectivity index (χ0) is 17.8. The number of ether oxygens (including phenoxy) is 2. The predicted octanol–water partition coefficient (Wildman–Crippen LogP) is 3.01. The largest absolute Gasteiger partial charge is 0.486 e. The first-order valence-electron chi connectivity index (χ1n) is 8.52. The maximum atomic E-state index is 12.1. The minimum absolute atomic E-state index is 0.229. The van der Waals surface area contributed by atoms with Crippen LogP contribution in [0.15, 0.2) is 54.7 Å². The number of fused-ring (bicyclic) bond motifs is 2. The molecule has 4 rings (SSSR count). The van der Waals surface area contributed by atoms with Crippen molar-refractivity contribution in [2.75, 3.05) is 13.2 Å². The van der Waals surface area contributed by atoms with Crippen LogP contribution in [0.1, 0.15) is 11.1 Å². The molecule has 0 saturated carbocycles. The average molecular weight is 349 g/mol. The Balaban J connectivity index is 1.34. The fourth-order valence-corrected chi connectivity index (χ4v) is 2.93. The Morgan fingerprint density at radius 1 is 0.962 bits per heavy atom. The van der Waals surface area contributed by atoms with Gasteiger partial charge in [0.25, 0.3) is 0 Å². The Hall–Kier alpha value is -3.28. The molecule has 2 heterocycles. The van der Waals surface area contributed by atoms with Crippen molar-refractivity contribution in [3.05, 3.63) is 65.9 Å². The Bertz CT molecular complexity index is 937. The van der Waals surface area contributed by atoms with E-state index in [1.807, 2.05) is 48.5 Å². The minimum atomic E-state index is -0.229. The second-order valence-electron chi connectivity index (χ2n) is 6.01. The van der Waals surface area contributed by atoms with Gasteiger partial charge in [0.2, 0.25) is 0 Å². The van der Waals surface area contributed by atoms with Crippen LogP contribution in [0, 0.1) is 0 Å². The van der Waals surface area contributed by atoms with Gasteiger partial charge in [-0.15, -0.1) is 0 Å². The molecule has 1 aromatic heterocycles. The number of urea groups is 1.